The minimum Gasteiger partial charge on any atom is -0.482 e. The molecule has 1 aliphatic carbocycles. The van der Waals surface area contributed by atoms with Gasteiger partial charge in [-0.3, -0.25) is 9.59 Å². The Bertz CT molecular complexity index is 571. The van der Waals surface area contributed by atoms with Crippen molar-refractivity contribution in [2.75, 3.05) is 17.2 Å². The number of nitrogens with one attached hydrogen (secondary N) is 2. The van der Waals surface area contributed by atoms with Crippen LogP contribution in [0.25, 0.3) is 0 Å². The highest BCUT2D eigenvalue weighted by atomic mass is 35.5. The molecule has 1 heterocycles. The minimum absolute atomic E-state index is 0. The molecule has 0 unspecified atom stereocenters. The summed E-state index contributed by atoms with van der Waals surface area (Å²) in [5, 5.41) is 5.53. The van der Waals surface area contributed by atoms with Crippen LogP contribution in [-0.4, -0.2) is 24.0 Å². The first-order valence-corrected chi connectivity index (χ1v) is 6.74. The molecule has 0 saturated heterocycles. The van der Waals surface area contributed by atoms with E-state index in [0.717, 1.165) is 25.7 Å². The summed E-state index contributed by atoms with van der Waals surface area (Å²) in [5.41, 5.74) is 6.59. The number of ether oxygens (including phenoxy) is 1. The first-order valence-electron chi connectivity index (χ1n) is 6.74. The van der Waals surface area contributed by atoms with Gasteiger partial charge in [0.05, 0.1) is 11.2 Å². The molecule has 114 valence electrons. The number of amides is 2. The first kappa shape index (κ1) is 15.6. The number of hydrogen-bond donors (Lipinski definition) is 3. The van der Waals surface area contributed by atoms with Crippen molar-refractivity contribution in [3.63, 3.8) is 0 Å². The summed E-state index contributed by atoms with van der Waals surface area (Å²) in [6.07, 6.45) is 3.42. The molecule has 1 aromatic carbocycles. The molecule has 0 radical (unpaired) electrons. The molecule has 2 aliphatic rings. The van der Waals surface area contributed by atoms with E-state index in [4.69, 9.17) is 10.5 Å². The van der Waals surface area contributed by atoms with Crippen LogP contribution in [-0.2, 0) is 9.59 Å². The predicted octanol–water partition coefficient (Wildman–Crippen LogP) is 1.65. The van der Waals surface area contributed by atoms with Crippen LogP contribution in [0, 0.1) is 0 Å². The van der Waals surface area contributed by atoms with E-state index in [1.807, 2.05) is 0 Å². The molecule has 2 amide bonds. The maximum atomic E-state index is 12.2. The average Bonchev–Trinajstić information content (AvgIpc) is 2.87. The third-order valence-corrected chi connectivity index (χ3v) is 3.82. The summed E-state index contributed by atoms with van der Waals surface area (Å²) in [4.78, 5) is 23.4. The van der Waals surface area contributed by atoms with Gasteiger partial charge in [0.15, 0.2) is 6.61 Å². The number of carbonyl (C=O) groups is 2. The van der Waals surface area contributed by atoms with Crippen molar-refractivity contribution >= 4 is 35.6 Å². The fourth-order valence-corrected chi connectivity index (χ4v) is 2.64. The molecule has 1 aliphatic heterocycles. The van der Waals surface area contributed by atoms with E-state index in [2.05, 4.69) is 10.6 Å². The van der Waals surface area contributed by atoms with Crippen LogP contribution in [0.15, 0.2) is 18.2 Å². The predicted molar refractivity (Wildman–Crippen MR) is 81.8 cm³/mol. The van der Waals surface area contributed by atoms with Crippen molar-refractivity contribution in [3.8, 4) is 5.75 Å². The monoisotopic (exact) mass is 311 g/mol. The van der Waals surface area contributed by atoms with E-state index in [9.17, 15) is 9.59 Å². The zero-order valence-corrected chi connectivity index (χ0v) is 12.3. The molecule has 7 heteroatoms. The van der Waals surface area contributed by atoms with Gasteiger partial charge < -0.3 is 21.1 Å². The summed E-state index contributed by atoms with van der Waals surface area (Å²) < 4.78 is 5.31. The molecule has 0 aromatic heterocycles. The summed E-state index contributed by atoms with van der Waals surface area (Å²) >= 11 is 0. The molecule has 3 rings (SSSR count). The quantitative estimate of drug-likeness (QED) is 0.774. The average molecular weight is 312 g/mol. The van der Waals surface area contributed by atoms with Gasteiger partial charge >= 0.3 is 0 Å². The van der Waals surface area contributed by atoms with Crippen LogP contribution in [0.4, 0.5) is 11.4 Å². The van der Waals surface area contributed by atoms with Crippen LogP contribution < -0.4 is 21.1 Å². The Morgan fingerprint density at radius 1 is 1.33 bits per heavy atom. The second-order valence-corrected chi connectivity index (χ2v) is 5.37. The lowest BCUT2D eigenvalue weighted by molar-refractivity contribution is -0.121. The highest BCUT2D eigenvalue weighted by Crippen LogP contribution is 2.32. The minimum atomic E-state index is -0.759. The van der Waals surface area contributed by atoms with Gasteiger partial charge in [-0.15, -0.1) is 12.4 Å². The van der Waals surface area contributed by atoms with Gasteiger partial charge in [0, 0.05) is 11.8 Å². The van der Waals surface area contributed by atoms with Crippen molar-refractivity contribution < 1.29 is 14.3 Å². The molecule has 0 spiro atoms. The molecule has 21 heavy (non-hydrogen) atoms. The largest absolute Gasteiger partial charge is 0.482 e. The van der Waals surface area contributed by atoms with Crippen molar-refractivity contribution in [2.24, 2.45) is 5.73 Å². The Morgan fingerprint density at radius 2 is 2.05 bits per heavy atom. The topological polar surface area (TPSA) is 93.5 Å². The smallest absolute Gasteiger partial charge is 0.262 e. The lowest BCUT2D eigenvalue weighted by atomic mass is 9.98. The van der Waals surface area contributed by atoms with Crippen LogP contribution >= 0.6 is 12.4 Å². The SMILES string of the molecule is Cl.NC1(C(=O)Nc2ccc3c(c2)OCC(=O)N3)CCCC1. The van der Waals surface area contributed by atoms with E-state index in [1.165, 1.54) is 0 Å². The van der Waals surface area contributed by atoms with E-state index in [-0.39, 0.29) is 30.8 Å². The van der Waals surface area contributed by atoms with Gasteiger partial charge in [-0.25, -0.2) is 0 Å². The van der Waals surface area contributed by atoms with Gasteiger partial charge in [-0.1, -0.05) is 12.8 Å². The van der Waals surface area contributed by atoms with Gasteiger partial charge in [0.1, 0.15) is 5.75 Å². The second kappa shape index (κ2) is 5.91. The Hall–Kier alpha value is -1.79. The molecule has 0 atom stereocenters. The molecule has 0 bridgehead atoms. The van der Waals surface area contributed by atoms with Gasteiger partial charge in [0.25, 0.3) is 5.91 Å². The fraction of sp³-hybridized carbons (Fsp3) is 0.429. The van der Waals surface area contributed by atoms with E-state index in [0.29, 0.717) is 17.1 Å². The van der Waals surface area contributed by atoms with Crippen molar-refractivity contribution in [1.82, 2.24) is 0 Å². The van der Waals surface area contributed by atoms with Gasteiger partial charge in [-0.2, -0.15) is 0 Å². The van der Waals surface area contributed by atoms with E-state index >= 15 is 0 Å². The Labute approximate surface area is 128 Å². The number of fused-ring (bicyclic) bond motifs is 1. The van der Waals surface area contributed by atoms with Crippen LogP contribution in [0.1, 0.15) is 25.7 Å². The van der Waals surface area contributed by atoms with Crippen LogP contribution in [0.5, 0.6) is 5.75 Å². The normalized spacial score (nSPS) is 18.8. The molecule has 1 aromatic rings. The zero-order valence-electron chi connectivity index (χ0n) is 11.5. The zero-order chi connectivity index (χ0) is 14.2. The molecule has 1 fully saturated rings. The third-order valence-electron chi connectivity index (χ3n) is 3.82. The van der Waals surface area contributed by atoms with Crippen molar-refractivity contribution in [2.45, 2.75) is 31.2 Å². The fourth-order valence-electron chi connectivity index (χ4n) is 2.64. The number of anilines is 2. The molecular weight excluding hydrogens is 294 g/mol. The standard InChI is InChI=1S/C14H17N3O3.ClH/c15-14(5-1-2-6-14)13(19)16-9-3-4-10-11(7-9)20-8-12(18)17-10;/h3-4,7H,1-2,5-6,8,15H2,(H,16,19)(H,17,18);1H. The van der Waals surface area contributed by atoms with Crippen LogP contribution in [0.3, 0.4) is 0 Å². The van der Waals surface area contributed by atoms with E-state index in [1.54, 1.807) is 18.2 Å². The number of halogens is 1. The van der Waals surface area contributed by atoms with Gasteiger partial charge in [0.2, 0.25) is 5.91 Å². The highest BCUT2D eigenvalue weighted by molar-refractivity contribution is 6.00. The van der Waals surface area contributed by atoms with E-state index < -0.39 is 5.54 Å². The molecular formula is C14H18ClN3O3. The lowest BCUT2D eigenvalue weighted by Crippen LogP contribution is -2.48. The van der Waals surface area contributed by atoms with Gasteiger partial charge in [-0.05, 0) is 25.0 Å². The number of rotatable bonds is 2. The maximum Gasteiger partial charge on any atom is 0.262 e. The third kappa shape index (κ3) is 3.11. The summed E-state index contributed by atoms with van der Waals surface area (Å²) in [7, 11) is 0. The molecule has 6 nitrogen and oxygen atoms in total. The van der Waals surface area contributed by atoms with Crippen LogP contribution in [0.2, 0.25) is 0 Å². The first-order chi connectivity index (χ1) is 9.57. The summed E-state index contributed by atoms with van der Waals surface area (Å²) in [6.45, 7) is -0.00870. The maximum absolute atomic E-state index is 12.2. The number of benzene rings is 1. The molecule has 1 saturated carbocycles. The Kier molecular flexibility index (Phi) is 4.39. The summed E-state index contributed by atoms with van der Waals surface area (Å²) in [5.74, 6) is 0.218. The molecule has 4 N–H and O–H groups in total. The number of nitrogens with two attached hydrogens (primary N) is 1. The summed E-state index contributed by atoms with van der Waals surface area (Å²) in [6, 6.07) is 5.13. The second-order valence-electron chi connectivity index (χ2n) is 5.37. The van der Waals surface area contributed by atoms with Crippen molar-refractivity contribution in [1.29, 1.82) is 0 Å². The Balaban J connectivity index is 0.00000161. The highest BCUT2D eigenvalue weighted by Gasteiger charge is 2.37. The lowest BCUT2D eigenvalue weighted by Gasteiger charge is -2.23. The van der Waals surface area contributed by atoms with Crippen molar-refractivity contribution in [3.05, 3.63) is 18.2 Å². The Morgan fingerprint density at radius 3 is 2.76 bits per heavy atom. The number of carbonyl (C=O) groups excluding carboxylic acids is 2. The number of hydrogen-bond acceptors (Lipinski definition) is 4.